The lowest BCUT2D eigenvalue weighted by Crippen LogP contribution is -2.61. The third-order valence-corrected chi connectivity index (χ3v) is 7.69. The van der Waals surface area contributed by atoms with Crippen LogP contribution in [-0.4, -0.2) is 72.6 Å². The number of hydrogen-bond acceptors (Lipinski definition) is 3. The van der Waals surface area contributed by atoms with Crippen molar-refractivity contribution in [1.29, 1.82) is 0 Å². The standard InChI is InChI=1S/C22H33N3/c1-16-3-5-17(6-4-16)20-15-25(19-9-11-23(2)12-10-19)21-18-7-13-24(14-8-18)22(20)21/h3-6,18-22H,7-15H2,1-2H3/t20-,21+,22+/m1/s1. The molecule has 2 bridgehead atoms. The van der Waals surface area contributed by atoms with Crippen molar-refractivity contribution in [3.8, 4) is 0 Å². The average molecular weight is 340 g/mol. The molecule has 3 heteroatoms. The Morgan fingerprint density at radius 3 is 2.20 bits per heavy atom. The summed E-state index contributed by atoms with van der Waals surface area (Å²) in [5.74, 6) is 1.67. The molecule has 3 nitrogen and oxygen atoms in total. The van der Waals surface area contributed by atoms with Crippen LogP contribution in [0.25, 0.3) is 0 Å². The Kier molecular flexibility index (Phi) is 4.15. The fraction of sp³-hybridized carbons (Fsp3) is 0.727. The van der Waals surface area contributed by atoms with E-state index in [0.717, 1.165) is 24.0 Å². The van der Waals surface area contributed by atoms with E-state index in [1.165, 1.54) is 64.0 Å². The van der Waals surface area contributed by atoms with Gasteiger partial charge in [0, 0.05) is 30.6 Å². The van der Waals surface area contributed by atoms with Gasteiger partial charge in [-0.15, -0.1) is 0 Å². The first kappa shape index (κ1) is 16.3. The molecule has 25 heavy (non-hydrogen) atoms. The highest BCUT2D eigenvalue weighted by Crippen LogP contribution is 2.48. The zero-order chi connectivity index (χ0) is 17.0. The molecule has 0 unspecified atom stereocenters. The summed E-state index contributed by atoms with van der Waals surface area (Å²) in [6.07, 6.45) is 5.61. The molecule has 0 amide bonds. The number of piperidine rings is 4. The van der Waals surface area contributed by atoms with Crippen molar-refractivity contribution in [2.75, 3.05) is 39.8 Å². The fourth-order valence-electron chi connectivity index (χ4n) is 6.31. The molecule has 5 heterocycles. The Bertz CT molecular complexity index is 596. The van der Waals surface area contributed by atoms with Crippen molar-refractivity contribution in [1.82, 2.24) is 14.7 Å². The Balaban J connectivity index is 1.45. The van der Waals surface area contributed by atoms with Gasteiger partial charge >= 0.3 is 0 Å². The SMILES string of the molecule is Cc1ccc([C@H]2CN(C3CCN(C)CC3)[C@H]3C4CCN(CC4)[C@@H]23)cc1. The number of fused-ring (bicyclic) bond motifs is 2. The number of aryl methyl sites for hydroxylation is 1. The molecule has 0 aliphatic carbocycles. The molecule has 5 aliphatic rings. The number of nitrogens with zero attached hydrogens (tertiary/aromatic N) is 3. The lowest BCUT2D eigenvalue weighted by molar-refractivity contribution is -0.0261. The fourth-order valence-corrected chi connectivity index (χ4v) is 6.31. The summed E-state index contributed by atoms with van der Waals surface area (Å²) in [6.45, 7) is 8.74. The van der Waals surface area contributed by atoms with Crippen LogP contribution in [-0.2, 0) is 0 Å². The summed E-state index contributed by atoms with van der Waals surface area (Å²) in [4.78, 5) is 8.35. The molecular weight excluding hydrogens is 306 g/mol. The largest absolute Gasteiger partial charge is 0.306 e. The number of rotatable bonds is 2. The predicted octanol–water partition coefficient (Wildman–Crippen LogP) is 2.95. The third kappa shape index (κ3) is 2.75. The second-order valence-electron chi connectivity index (χ2n) is 9.10. The van der Waals surface area contributed by atoms with Crippen LogP contribution in [0, 0.1) is 12.8 Å². The molecule has 0 saturated carbocycles. The van der Waals surface area contributed by atoms with E-state index >= 15 is 0 Å². The van der Waals surface area contributed by atoms with Crippen LogP contribution in [0.4, 0.5) is 0 Å². The highest BCUT2D eigenvalue weighted by molar-refractivity contribution is 5.30. The minimum Gasteiger partial charge on any atom is -0.306 e. The maximum absolute atomic E-state index is 2.98. The lowest BCUT2D eigenvalue weighted by atomic mass is 9.75. The average Bonchev–Trinajstić information content (AvgIpc) is 3.07. The van der Waals surface area contributed by atoms with Crippen LogP contribution >= 0.6 is 0 Å². The van der Waals surface area contributed by atoms with Crippen LogP contribution in [0.3, 0.4) is 0 Å². The quantitative estimate of drug-likeness (QED) is 0.820. The molecule has 136 valence electrons. The number of benzene rings is 1. The zero-order valence-corrected chi connectivity index (χ0v) is 15.9. The van der Waals surface area contributed by atoms with Gasteiger partial charge in [0.15, 0.2) is 0 Å². The molecule has 5 aliphatic heterocycles. The highest BCUT2D eigenvalue weighted by Gasteiger charge is 2.54. The van der Waals surface area contributed by atoms with Gasteiger partial charge in [-0.1, -0.05) is 29.8 Å². The topological polar surface area (TPSA) is 9.72 Å². The summed E-state index contributed by atoms with van der Waals surface area (Å²) >= 11 is 0. The van der Waals surface area contributed by atoms with E-state index in [-0.39, 0.29) is 0 Å². The van der Waals surface area contributed by atoms with Gasteiger partial charge in [0.25, 0.3) is 0 Å². The van der Waals surface area contributed by atoms with Gasteiger partial charge in [-0.05, 0) is 77.3 Å². The van der Waals surface area contributed by atoms with E-state index in [9.17, 15) is 0 Å². The summed E-state index contributed by atoms with van der Waals surface area (Å²) in [5.41, 5.74) is 2.97. The Morgan fingerprint density at radius 1 is 0.840 bits per heavy atom. The van der Waals surface area contributed by atoms with Crippen LogP contribution in [0.1, 0.15) is 42.7 Å². The molecule has 6 rings (SSSR count). The maximum atomic E-state index is 2.98. The molecule has 5 fully saturated rings. The van der Waals surface area contributed by atoms with Gasteiger partial charge in [-0.3, -0.25) is 9.80 Å². The molecule has 0 aromatic heterocycles. The number of likely N-dealkylation sites (tertiary alicyclic amines) is 2. The molecule has 5 saturated heterocycles. The van der Waals surface area contributed by atoms with Gasteiger partial charge in [-0.2, -0.15) is 0 Å². The summed E-state index contributed by atoms with van der Waals surface area (Å²) in [5, 5.41) is 0. The van der Waals surface area contributed by atoms with Gasteiger partial charge < -0.3 is 4.90 Å². The minimum absolute atomic E-state index is 0.716. The first-order valence-electron chi connectivity index (χ1n) is 10.5. The van der Waals surface area contributed by atoms with E-state index < -0.39 is 0 Å². The first-order chi connectivity index (χ1) is 12.2. The van der Waals surface area contributed by atoms with Crippen molar-refractivity contribution in [3.05, 3.63) is 35.4 Å². The van der Waals surface area contributed by atoms with Crippen molar-refractivity contribution in [2.24, 2.45) is 5.92 Å². The normalized spacial score (nSPS) is 39.7. The maximum Gasteiger partial charge on any atom is 0.0335 e. The van der Waals surface area contributed by atoms with Gasteiger partial charge in [0.2, 0.25) is 0 Å². The Labute approximate surface area is 153 Å². The Morgan fingerprint density at radius 2 is 1.52 bits per heavy atom. The van der Waals surface area contributed by atoms with Crippen LogP contribution in [0.2, 0.25) is 0 Å². The smallest absolute Gasteiger partial charge is 0.0335 e. The minimum atomic E-state index is 0.716. The van der Waals surface area contributed by atoms with Crippen LogP contribution in [0.5, 0.6) is 0 Å². The summed E-state index contributed by atoms with van der Waals surface area (Å²) < 4.78 is 0. The van der Waals surface area contributed by atoms with E-state index in [2.05, 4.69) is 52.9 Å². The van der Waals surface area contributed by atoms with Gasteiger partial charge in [0.05, 0.1) is 0 Å². The van der Waals surface area contributed by atoms with Crippen LogP contribution in [0.15, 0.2) is 24.3 Å². The first-order valence-corrected chi connectivity index (χ1v) is 10.5. The molecule has 3 atom stereocenters. The molecule has 0 spiro atoms. The molecule has 0 N–H and O–H groups in total. The van der Waals surface area contributed by atoms with E-state index in [1.807, 2.05) is 0 Å². The van der Waals surface area contributed by atoms with E-state index in [1.54, 1.807) is 5.56 Å². The van der Waals surface area contributed by atoms with Crippen molar-refractivity contribution in [2.45, 2.75) is 56.7 Å². The number of hydrogen-bond donors (Lipinski definition) is 0. The van der Waals surface area contributed by atoms with Crippen LogP contribution < -0.4 is 0 Å². The van der Waals surface area contributed by atoms with Crippen molar-refractivity contribution < 1.29 is 0 Å². The van der Waals surface area contributed by atoms with Gasteiger partial charge in [-0.25, -0.2) is 0 Å². The highest BCUT2D eigenvalue weighted by atomic mass is 15.3. The van der Waals surface area contributed by atoms with Crippen molar-refractivity contribution in [3.63, 3.8) is 0 Å². The molecule has 1 aromatic carbocycles. The summed E-state index contributed by atoms with van der Waals surface area (Å²) in [6, 6.07) is 11.9. The van der Waals surface area contributed by atoms with Crippen molar-refractivity contribution >= 4 is 0 Å². The van der Waals surface area contributed by atoms with E-state index in [0.29, 0.717) is 5.92 Å². The molecular formula is C22H33N3. The summed E-state index contributed by atoms with van der Waals surface area (Å²) in [7, 11) is 2.28. The predicted molar refractivity (Wildman–Crippen MR) is 103 cm³/mol. The second kappa shape index (κ2) is 6.37. The lowest BCUT2D eigenvalue weighted by Gasteiger charge is -2.53. The zero-order valence-electron chi connectivity index (χ0n) is 15.9. The third-order valence-electron chi connectivity index (χ3n) is 7.69. The Hall–Kier alpha value is -0.900. The molecule has 1 aromatic rings. The van der Waals surface area contributed by atoms with E-state index in [4.69, 9.17) is 0 Å². The monoisotopic (exact) mass is 339 g/mol. The second-order valence-corrected chi connectivity index (χ2v) is 9.10. The molecule has 0 radical (unpaired) electrons. The van der Waals surface area contributed by atoms with Gasteiger partial charge in [0.1, 0.15) is 0 Å².